The maximum absolute atomic E-state index is 14.7. The Balaban J connectivity index is 1.32. The Morgan fingerprint density at radius 1 is 0.967 bits per heavy atom. The monoisotopic (exact) mass is 405 g/mol. The molecule has 1 amide bonds. The first-order valence-corrected chi connectivity index (χ1v) is 10.1. The maximum atomic E-state index is 14.7. The van der Waals surface area contributed by atoms with Crippen LogP contribution >= 0.6 is 0 Å². The molecule has 0 aliphatic heterocycles. The van der Waals surface area contributed by atoms with E-state index < -0.39 is 6.09 Å². The largest absolute Gasteiger partial charge is 0.489 e. The minimum atomic E-state index is -0.476. The molecule has 1 aliphatic carbocycles. The second-order valence-corrected chi connectivity index (χ2v) is 7.46. The summed E-state index contributed by atoms with van der Waals surface area (Å²) in [5.74, 6) is 0.239. The van der Waals surface area contributed by atoms with Gasteiger partial charge >= 0.3 is 6.09 Å². The third kappa shape index (κ3) is 5.17. The zero-order valence-electron chi connectivity index (χ0n) is 16.6. The van der Waals surface area contributed by atoms with E-state index in [9.17, 15) is 9.18 Å². The quantitative estimate of drug-likeness (QED) is 0.614. The molecule has 0 bridgehead atoms. The van der Waals surface area contributed by atoms with E-state index in [1.807, 2.05) is 66.7 Å². The van der Waals surface area contributed by atoms with Crippen LogP contribution in [0.4, 0.5) is 9.18 Å². The molecule has 3 aromatic rings. The minimum absolute atomic E-state index is 0.147. The Kier molecular flexibility index (Phi) is 6.28. The first-order valence-electron chi connectivity index (χ1n) is 10.1. The van der Waals surface area contributed by atoms with Gasteiger partial charge in [0.05, 0.1) is 0 Å². The van der Waals surface area contributed by atoms with Crippen LogP contribution in [0.2, 0.25) is 0 Å². The van der Waals surface area contributed by atoms with Gasteiger partial charge in [0.25, 0.3) is 0 Å². The van der Waals surface area contributed by atoms with Crippen LogP contribution in [0.3, 0.4) is 0 Å². The van der Waals surface area contributed by atoms with Crippen LogP contribution in [0.15, 0.2) is 72.8 Å². The van der Waals surface area contributed by atoms with Crippen molar-refractivity contribution in [2.24, 2.45) is 0 Å². The van der Waals surface area contributed by atoms with Gasteiger partial charge in [-0.25, -0.2) is 9.18 Å². The number of hydrogen-bond donors (Lipinski definition) is 1. The summed E-state index contributed by atoms with van der Waals surface area (Å²) in [4.78, 5) is 12.1. The van der Waals surface area contributed by atoms with Crippen molar-refractivity contribution in [3.05, 3.63) is 101 Å². The Hall–Kier alpha value is -3.34. The molecule has 0 spiro atoms. The molecule has 0 heterocycles. The molecule has 154 valence electrons. The second kappa shape index (κ2) is 9.44. The molecule has 4 rings (SSSR count). The van der Waals surface area contributed by atoms with E-state index in [0.29, 0.717) is 30.8 Å². The highest BCUT2D eigenvalue weighted by molar-refractivity contribution is 5.67. The highest BCUT2D eigenvalue weighted by atomic mass is 19.1. The number of amides is 1. The lowest BCUT2D eigenvalue weighted by molar-refractivity contribution is 0.134. The van der Waals surface area contributed by atoms with E-state index in [1.165, 1.54) is 6.07 Å². The summed E-state index contributed by atoms with van der Waals surface area (Å²) in [7, 11) is 0. The van der Waals surface area contributed by atoms with Gasteiger partial charge < -0.3 is 14.8 Å². The molecule has 0 aromatic heterocycles. The van der Waals surface area contributed by atoms with E-state index in [0.717, 1.165) is 23.1 Å². The number of carbonyl (C=O) groups is 1. The van der Waals surface area contributed by atoms with Gasteiger partial charge in [-0.05, 0) is 47.6 Å². The summed E-state index contributed by atoms with van der Waals surface area (Å²) in [6, 6.07) is 22.5. The summed E-state index contributed by atoms with van der Waals surface area (Å²) in [5, 5.41) is 2.86. The average molecular weight is 405 g/mol. The number of alkyl carbamates (subject to hydrolysis) is 1. The normalized spacial score (nSPS) is 15.2. The highest BCUT2D eigenvalue weighted by Crippen LogP contribution is 2.29. The average Bonchev–Trinajstić information content (AvgIpc) is 2.78. The van der Waals surface area contributed by atoms with Gasteiger partial charge in [-0.1, -0.05) is 60.7 Å². The fraction of sp³-hybridized carbons (Fsp3) is 0.240. The Morgan fingerprint density at radius 3 is 2.33 bits per heavy atom. The Bertz CT molecular complexity index is 992. The first-order chi connectivity index (χ1) is 14.7. The highest BCUT2D eigenvalue weighted by Gasteiger charge is 2.24. The van der Waals surface area contributed by atoms with Crippen molar-refractivity contribution in [3.8, 4) is 5.75 Å². The molecule has 0 unspecified atom stereocenters. The predicted octanol–water partition coefficient (Wildman–Crippen LogP) is 5.19. The van der Waals surface area contributed by atoms with Gasteiger partial charge in [0.2, 0.25) is 0 Å². The Morgan fingerprint density at radius 2 is 1.63 bits per heavy atom. The third-order valence-corrected chi connectivity index (χ3v) is 5.26. The van der Waals surface area contributed by atoms with E-state index in [-0.39, 0.29) is 18.5 Å². The van der Waals surface area contributed by atoms with Crippen molar-refractivity contribution < 1.29 is 18.7 Å². The molecule has 5 heteroatoms. The molecule has 1 atom stereocenters. The number of fused-ring (bicyclic) bond motifs is 1. The number of ether oxygens (including phenoxy) is 2. The molecule has 1 aliphatic rings. The van der Waals surface area contributed by atoms with Crippen molar-refractivity contribution in [2.45, 2.75) is 38.5 Å². The van der Waals surface area contributed by atoms with E-state index in [2.05, 4.69) is 5.32 Å². The van der Waals surface area contributed by atoms with Gasteiger partial charge in [-0.3, -0.25) is 0 Å². The molecule has 0 saturated heterocycles. The first kappa shape index (κ1) is 20.0. The fourth-order valence-electron chi connectivity index (χ4n) is 3.67. The van der Waals surface area contributed by atoms with Crippen LogP contribution in [0.5, 0.6) is 5.75 Å². The van der Waals surface area contributed by atoms with Gasteiger partial charge in [-0.15, -0.1) is 0 Å². The minimum Gasteiger partial charge on any atom is -0.489 e. The lowest BCUT2D eigenvalue weighted by atomic mass is 9.88. The zero-order valence-corrected chi connectivity index (χ0v) is 16.6. The van der Waals surface area contributed by atoms with Crippen molar-refractivity contribution in [3.63, 3.8) is 0 Å². The molecule has 0 saturated carbocycles. The van der Waals surface area contributed by atoms with Crippen LogP contribution < -0.4 is 10.1 Å². The van der Waals surface area contributed by atoms with E-state index in [4.69, 9.17) is 9.47 Å². The van der Waals surface area contributed by atoms with Crippen molar-refractivity contribution in [1.82, 2.24) is 5.32 Å². The SMILES string of the molecule is O=C(N[C@@H]1CCc2cc(OCc3ccccc3)cc(F)c2C1)OCc1ccccc1. The fourth-order valence-corrected chi connectivity index (χ4v) is 3.67. The number of nitrogens with one attached hydrogen (secondary N) is 1. The number of rotatable bonds is 6. The van der Waals surface area contributed by atoms with Crippen LogP contribution in [0.25, 0.3) is 0 Å². The summed E-state index contributed by atoms with van der Waals surface area (Å²) in [5.41, 5.74) is 3.54. The zero-order chi connectivity index (χ0) is 20.8. The van der Waals surface area contributed by atoms with Crippen LogP contribution in [0, 0.1) is 5.82 Å². The molecule has 4 nitrogen and oxygen atoms in total. The number of aryl methyl sites for hydroxylation is 1. The van der Waals surface area contributed by atoms with Gasteiger partial charge in [-0.2, -0.15) is 0 Å². The van der Waals surface area contributed by atoms with E-state index in [1.54, 1.807) is 0 Å². The van der Waals surface area contributed by atoms with Crippen LogP contribution in [0.1, 0.15) is 28.7 Å². The number of hydrogen-bond acceptors (Lipinski definition) is 3. The summed E-state index contributed by atoms with van der Waals surface area (Å²) >= 11 is 0. The molecule has 1 N–H and O–H groups in total. The van der Waals surface area contributed by atoms with Gasteiger partial charge in [0, 0.05) is 12.1 Å². The number of carbonyl (C=O) groups excluding carboxylic acids is 1. The molecule has 30 heavy (non-hydrogen) atoms. The lowest BCUT2D eigenvalue weighted by Crippen LogP contribution is -2.39. The number of halogens is 1. The summed E-state index contributed by atoms with van der Waals surface area (Å²) in [6.07, 6.45) is 1.38. The molecular weight excluding hydrogens is 381 g/mol. The maximum Gasteiger partial charge on any atom is 0.407 e. The van der Waals surface area contributed by atoms with Gasteiger partial charge in [0.15, 0.2) is 0 Å². The predicted molar refractivity (Wildman–Crippen MR) is 113 cm³/mol. The summed E-state index contributed by atoms with van der Waals surface area (Å²) < 4.78 is 25.8. The Labute approximate surface area is 175 Å². The van der Waals surface area contributed by atoms with Gasteiger partial charge in [0.1, 0.15) is 24.8 Å². The summed E-state index contributed by atoms with van der Waals surface area (Å²) in [6.45, 7) is 0.614. The van der Waals surface area contributed by atoms with Crippen LogP contribution in [-0.2, 0) is 30.8 Å². The van der Waals surface area contributed by atoms with E-state index >= 15 is 0 Å². The van der Waals surface area contributed by atoms with Crippen molar-refractivity contribution in [1.29, 1.82) is 0 Å². The molecule has 0 fully saturated rings. The standard InChI is InChI=1S/C25H24FNO3/c26-24-15-22(29-16-18-7-3-1-4-8-18)13-20-11-12-21(14-23(20)24)27-25(28)30-17-19-9-5-2-6-10-19/h1-10,13,15,21H,11-12,14,16-17H2,(H,27,28)/t21-/m1/s1. The number of benzene rings is 3. The van der Waals surface area contributed by atoms with Crippen LogP contribution in [-0.4, -0.2) is 12.1 Å². The molecular formula is C25H24FNO3. The lowest BCUT2D eigenvalue weighted by Gasteiger charge is -2.26. The third-order valence-electron chi connectivity index (χ3n) is 5.26. The van der Waals surface area contributed by atoms with Crippen molar-refractivity contribution in [2.75, 3.05) is 0 Å². The molecule has 3 aromatic carbocycles. The van der Waals surface area contributed by atoms with Crippen molar-refractivity contribution >= 4 is 6.09 Å². The molecule has 0 radical (unpaired) electrons. The second-order valence-electron chi connectivity index (χ2n) is 7.46. The topological polar surface area (TPSA) is 47.6 Å². The smallest absolute Gasteiger partial charge is 0.407 e.